The highest BCUT2D eigenvalue weighted by Crippen LogP contribution is 2.35. The van der Waals surface area contributed by atoms with E-state index in [9.17, 15) is 19.6 Å². The lowest BCUT2D eigenvalue weighted by molar-refractivity contribution is -0.114. The van der Waals surface area contributed by atoms with Crippen LogP contribution in [0, 0.1) is 11.3 Å². The molecule has 0 aliphatic rings. The summed E-state index contributed by atoms with van der Waals surface area (Å²) in [6.07, 6.45) is 4.76. The van der Waals surface area contributed by atoms with Gasteiger partial charge in [-0.1, -0.05) is 60.7 Å². The Morgan fingerprint density at radius 1 is 0.909 bits per heavy atom. The van der Waals surface area contributed by atoms with Crippen LogP contribution in [0.3, 0.4) is 0 Å². The Labute approximate surface area is 262 Å². The maximum absolute atomic E-state index is 13.3. The highest BCUT2D eigenvalue weighted by molar-refractivity contribution is 8.00. The summed E-state index contributed by atoms with van der Waals surface area (Å²) in [6.45, 7) is 0. The van der Waals surface area contributed by atoms with E-state index in [0.717, 1.165) is 16.0 Å². The molecular formula is C34H25N5O3S2. The predicted octanol–water partition coefficient (Wildman–Crippen LogP) is 6.82. The van der Waals surface area contributed by atoms with E-state index in [0.29, 0.717) is 27.4 Å². The lowest BCUT2D eigenvalue weighted by atomic mass is 10.1. The smallest absolute Gasteiger partial charge is 0.272 e. The largest absolute Gasteiger partial charge is 0.321 e. The number of carbonyl (C=O) groups is 3. The lowest BCUT2D eigenvalue weighted by Gasteiger charge is -2.12. The molecule has 8 nitrogen and oxygen atoms in total. The first kappa shape index (κ1) is 30.0. The Hall–Kier alpha value is -5.50. The molecule has 0 saturated heterocycles. The zero-order chi connectivity index (χ0) is 30.7. The molecule has 3 amide bonds. The van der Waals surface area contributed by atoms with Crippen molar-refractivity contribution in [3.8, 4) is 17.2 Å². The average Bonchev–Trinajstić information content (AvgIpc) is 3.47. The Kier molecular flexibility index (Phi) is 9.94. The van der Waals surface area contributed by atoms with E-state index < -0.39 is 11.8 Å². The van der Waals surface area contributed by atoms with E-state index >= 15 is 0 Å². The number of nitriles is 1. The maximum atomic E-state index is 13.3. The Morgan fingerprint density at radius 2 is 1.68 bits per heavy atom. The number of anilines is 2. The molecule has 0 unspecified atom stereocenters. The molecular weight excluding hydrogens is 591 g/mol. The number of pyridine rings is 1. The van der Waals surface area contributed by atoms with Crippen LogP contribution in [-0.4, -0.2) is 28.5 Å². The van der Waals surface area contributed by atoms with Crippen molar-refractivity contribution < 1.29 is 14.4 Å². The van der Waals surface area contributed by atoms with Gasteiger partial charge in [-0.15, -0.1) is 23.1 Å². The number of thiophene rings is 1. The van der Waals surface area contributed by atoms with Gasteiger partial charge in [-0.05, 0) is 53.6 Å². The van der Waals surface area contributed by atoms with E-state index in [1.807, 2.05) is 41.8 Å². The van der Waals surface area contributed by atoms with Gasteiger partial charge in [0, 0.05) is 39.5 Å². The van der Waals surface area contributed by atoms with Crippen molar-refractivity contribution >= 4 is 57.6 Å². The van der Waals surface area contributed by atoms with Gasteiger partial charge in [0.05, 0.1) is 11.3 Å². The van der Waals surface area contributed by atoms with Crippen LogP contribution in [0.5, 0.6) is 0 Å². The number of nitrogens with zero attached hydrogens (tertiary/aromatic N) is 2. The van der Waals surface area contributed by atoms with Crippen LogP contribution in [-0.2, 0) is 9.59 Å². The summed E-state index contributed by atoms with van der Waals surface area (Å²) >= 11 is 2.60. The number of hydrogen-bond acceptors (Lipinski definition) is 7. The van der Waals surface area contributed by atoms with Crippen LogP contribution in [0.1, 0.15) is 21.5 Å². The first-order valence-electron chi connectivity index (χ1n) is 13.4. The number of aromatic nitrogens is 1. The highest BCUT2D eigenvalue weighted by atomic mass is 32.2. The van der Waals surface area contributed by atoms with Crippen LogP contribution >= 0.6 is 23.1 Å². The van der Waals surface area contributed by atoms with Gasteiger partial charge in [-0.25, -0.2) is 0 Å². The second-order valence-electron chi connectivity index (χ2n) is 9.31. The molecule has 0 spiro atoms. The molecule has 3 N–H and O–H groups in total. The Balaban J connectivity index is 1.24. The van der Waals surface area contributed by atoms with Crippen molar-refractivity contribution in [1.29, 1.82) is 5.26 Å². The summed E-state index contributed by atoms with van der Waals surface area (Å²) in [5.41, 5.74) is 3.71. The third-order valence-electron chi connectivity index (χ3n) is 6.23. The number of thioether (sulfide) groups is 1. The predicted molar refractivity (Wildman–Crippen MR) is 175 cm³/mol. The molecule has 2 heterocycles. The first-order valence-corrected chi connectivity index (χ1v) is 15.3. The van der Waals surface area contributed by atoms with Gasteiger partial charge in [0.2, 0.25) is 5.91 Å². The first-order chi connectivity index (χ1) is 21.5. The fourth-order valence-corrected chi connectivity index (χ4v) is 5.83. The van der Waals surface area contributed by atoms with Crippen LogP contribution in [0.2, 0.25) is 0 Å². The lowest BCUT2D eigenvalue weighted by Crippen LogP contribution is -2.30. The van der Waals surface area contributed by atoms with Crippen molar-refractivity contribution in [1.82, 2.24) is 10.3 Å². The summed E-state index contributed by atoms with van der Waals surface area (Å²) in [7, 11) is 0. The van der Waals surface area contributed by atoms with Crippen LogP contribution in [0.25, 0.3) is 17.2 Å². The van der Waals surface area contributed by atoms with Crippen LogP contribution in [0.15, 0.2) is 125 Å². The topological polar surface area (TPSA) is 124 Å². The van der Waals surface area contributed by atoms with Crippen molar-refractivity contribution in [3.63, 3.8) is 0 Å². The third kappa shape index (κ3) is 7.86. The zero-order valence-electron chi connectivity index (χ0n) is 23.2. The standard InChI is InChI=1S/C34H25N5O3S2/c35-19-28-29(24-10-3-1-4-11-24)21-44-34(28)39-31(40)22-43-27-15-7-14-26(18-27)37-33(42)30(17-23-9-8-16-36-20-23)38-32(41)25-12-5-2-6-13-25/h1-18,20-21H,22H2,(H,37,42)(H,38,41)(H,39,40)/b30-17-. The molecule has 0 aliphatic carbocycles. The molecule has 216 valence electrons. The fourth-order valence-electron chi connectivity index (χ4n) is 4.14. The number of hydrogen-bond donors (Lipinski definition) is 3. The van der Waals surface area contributed by atoms with Crippen molar-refractivity contribution in [2.75, 3.05) is 16.4 Å². The molecule has 2 aromatic heterocycles. The molecule has 0 bridgehead atoms. The molecule has 10 heteroatoms. The Morgan fingerprint density at radius 3 is 2.41 bits per heavy atom. The minimum atomic E-state index is -0.519. The van der Waals surface area contributed by atoms with E-state index in [-0.39, 0.29) is 17.4 Å². The van der Waals surface area contributed by atoms with Crippen LogP contribution < -0.4 is 16.0 Å². The monoisotopic (exact) mass is 615 g/mol. The summed E-state index contributed by atoms with van der Waals surface area (Å²) in [5.74, 6) is -1.10. The van der Waals surface area contributed by atoms with E-state index in [1.165, 1.54) is 23.1 Å². The second-order valence-corrected chi connectivity index (χ2v) is 11.2. The summed E-state index contributed by atoms with van der Waals surface area (Å²) in [6, 6.07) is 30.9. The molecule has 0 fully saturated rings. The zero-order valence-corrected chi connectivity index (χ0v) is 24.8. The van der Waals surface area contributed by atoms with Crippen molar-refractivity contribution in [2.24, 2.45) is 0 Å². The SMILES string of the molecule is N#Cc1c(-c2ccccc2)csc1NC(=O)CSc1cccc(NC(=O)/C(=C/c2cccnc2)NC(=O)c2ccccc2)c1. The molecule has 5 aromatic rings. The maximum Gasteiger partial charge on any atom is 0.272 e. The van der Waals surface area contributed by atoms with Gasteiger partial charge in [-0.3, -0.25) is 19.4 Å². The van der Waals surface area contributed by atoms with Crippen LogP contribution in [0.4, 0.5) is 10.7 Å². The van der Waals surface area contributed by atoms with Gasteiger partial charge >= 0.3 is 0 Å². The van der Waals surface area contributed by atoms with Gasteiger partial charge in [-0.2, -0.15) is 5.26 Å². The number of amides is 3. The summed E-state index contributed by atoms with van der Waals surface area (Å²) in [4.78, 5) is 43.8. The van der Waals surface area contributed by atoms with Gasteiger partial charge in [0.25, 0.3) is 11.8 Å². The molecule has 3 aromatic carbocycles. The normalized spacial score (nSPS) is 10.8. The quantitative estimate of drug-likeness (QED) is 0.117. The van der Waals surface area contributed by atoms with Gasteiger partial charge in [0.15, 0.2) is 0 Å². The molecule has 5 rings (SSSR count). The van der Waals surface area contributed by atoms with Crippen molar-refractivity contribution in [2.45, 2.75) is 4.90 Å². The van der Waals surface area contributed by atoms with Gasteiger partial charge in [0.1, 0.15) is 16.8 Å². The van der Waals surface area contributed by atoms with E-state index in [4.69, 9.17) is 0 Å². The third-order valence-corrected chi connectivity index (χ3v) is 8.12. The Bertz CT molecular complexity index is 1850. The molecule has 0 saturated carbocycles. The average molecular weight is 616 g/mol. The molecule has 0 aliphatic heterocycles. The highest BCUT2D eigenvalue weighted by Gasteiger charge is 2.17. The second kappa shape index (κ2) is 14.6. The van der Waals surface area contributed by atoms with E-state index in [1.54, 1.807) is 79.1 Å². The number of carbonyl (C=O) groups excluding carboxylic acids is 3. The van der Waals surface area contributed by atoms with Gasteiger partial charge < -0.3 is 16.0 Å². The minimum absolute atomic E-state index is 0.0448. The summed E-state index contributed by atoms with van der Waals surface area (Å²) < 4.78 is 0. The van der Waals surface area contributed by atoms with E-state index in [2.05, 4.69) is 27.0 Å². The molecule has 0 atom stereocenters. The molecule has 44 heavy (non-hydrogen) atoms. The summed E-state index contributed by atoms with van der Waals surface area (Å²) in [5, 5.41) is 20.5. The molecule has 0 radical (unpaired) electrons. The number of nitrogens with one attached hydrogen (secondary N) is 3. The number of benzene rings is 3. The minimum Gasteiger partial charge on any atom is -0.321 e. The number of rotatable bonds is 10. The fraction of sp³-hybridized carbons (Fsp3) is 0.0294. The van der Waals surface area contributed by atoms with Crippen molar-refractivity contribution in [3.05, 3.63) is 137 Å².